The molecule has 0 aliphatic rings. The maximum atomic E-state index is 12.8. The van der Waals surface area contributed by atoms with Crippen LogP contribution in [0.2, 0.25) is 0 Å². The summed E-state index contributed by atoms with van der Waals surface area (Å²) in [4.78, 5) is 25.2. The smallest absolute Gasteiger partial charge is 0.389 e. The molecule has 9 heteroatoms. The maximum absolute atomic E-state index is 12.8. The van der Waals surface area contributed by atoms with Gasteiger partial charge in [-0.2, -0.15) is 13.2 Å². The number of methoxy groups -OCH3 is 2. The number of phenols is 2. The number of hydrogen-bond donors (Lipinski definition) is 2. The molecule has 0 atom stereocenters. The van der Waals surface area contributed by atoms with E-state index in [1.165, 1.54) is 62.8 Å². The Kier molecular flexibility index (Phi) is 8.67. The quantitative estimate of drug-likeness (QED) is 0.382. The predicted octanol–water partition coefficient (Wildman–Crippen LogP) is 4.94. The SMILES string of the molecule is COc1cc(/C=C/C(=O)C(CCC(F)(F)F)C(=O)/C=C/c2ccc(O)c(OC)c2)ccc1O. The van der Waals surface area contributed by atoms with Gasteiger partial charge in [-0.1, -0.05) is 24.3 Å². The first-order chi connectivity index (χ1) is 15.5. The molecule has 0 unspecified atom stereocenters. The van der Waals surface area contributed by atoms with E-state index in [1.54, 1.807) is 0 Å². The van der Waals surface area contributed by atoms with Gasteiger partial charge >= 0.3 is 6.18 Å². The van der Waals surface area contributed by atoms with Crippen molar-refractivity contribution in [3.63, 3.8) is 0 Å². The van der Waals surface area contributed by atoms with Crippen LogP contribution in [0, 0.1) is 5.92 Å². The second kappa shape index (κ2) is 11.2. The molecule has 2 aromatic carbocycles. The molecule has 0 saturated heterocycles. The molecular formula is C24H23F3O6. The molecule has 2 rings (SSSR count). The zero-order valence-corrected chi connectivity index (χ0v) is 17.9. The number of aromatic hydroxyl groups is 2. The Balaban J connectivity index is 2.23. The Hall–Kier alpha value is -3.75. The van der Waals surface area contributed by atoms with E-state index >= 15 is 0 Å². The highest BCUT2D eigenvalue weighted by Crippen LogP contribution is 2.29. The molecule has 2 aromatic rings. The topological polar surface area (TPSA) is 93.1 Å². The van der Waals surface area contributed by atoms with E-state index in [2.05, 4.69) is 0 Å². The van der Waals surface area contributed by atoms with Crippen LogP contribution in [0.5, 0.6) is 23.0 Å². The second-order valence-corrected chi connectivity index (χ2v) is 7.04. The molecule has 0 bridgehead atoms. The van der Waals surface area contributed by atoms with Crippen LogP contribution in [0.4, 0.5) is 13.2 Å². The van der Waals surface area contributed by atoms with Crippen LogP contribution in [-0.2, 0) is 9.59 Å². The summed E-state index contributed by atoms with van der Waals surface area (Å²) in [5.41, 5.74) is 0.901. The summed E-state index contributed by atoms with van der Waals surface area (Å²) < 4.78 is 48.2. The first kappa shape index (κ1) is 25.5. The van der Waals surface area contributed by atoms with E-state index in [0.29, 0.717) is 11.1 Å². The lowest BCUT2D eigenvalue weighted by Gasteiger charge is -2.13. The number of phenolic OH excluding ortho intramolecular Hbond substituents is 2. The minimum absolute atomic E-state index is 0.116. The van der Waals surface area contributed by atoms with Crippen LogP contribution in [0.3, 0.4) is 0 Å². The van der Waals surface area contributed by atoms with Gasteiger partial charge in [-0.25, -0.2) is 0 Å². The Morgan fingerprint density at radius 2 is 1.30 bits per heavy atom. The highest BCUT2D eigenvalue weighted by Gasteiger charge is 2.32. The lowest BCUT2D eigenvalue weighted by Crippen LogP contribution is -2.23. The molecule has 0 heterocycles. The third-order valence-corrected chi connectivity index (χ3v) is 4.69. The number of halogens is 3. The van der Waals surface area contributed by atoms with Gasteiger partial charge in [-0.05, 0) is 54.0 Å². The average molecular weight is 464 g/mol. The summed E-state index contributed by atoms with van der Waals surface area (Å²) in [7, 11) is 2.69. The van der Waals surface area contributed by atoms with E-state index in [4.69, 9.17) is 9.47 Å². The molecule has 0 saturated carbocycles. The molecule has 33 heavy (non-hydrogen) atoms. The molecule has 176 valence electrons. The largest absolute Gasteiger partial charge is 0.504 e. The highest BCUT2D eigenvalue weighted by molar-refractivity contribution is 6.13. The summed E-state index contributed by atoms with van der Waals surface area (Å²) in [5.74, 6) is -3.03. The van der Waals surface area contributed by atoms with Crippen molar-refractivity contribution in [1.29, 1.82) is 0 Å². The van der Waals surface area contributed by atoms with Crippen molar-refractivity contribution in [3.05, 3.63) is 59.7 Å². The fourth-order valence-corrected chi connectivity index (χ4v) is 2.92. The molecule has 0 aliphatic carbocycles. The maximum Gasteiger partial charge on any atom is 0.389 e. The average Bonchev–Trinajstić information content (AvgIpc) is 2.77. The van der Waals surface area contributed by atoms with Crippen LogP contribution >= 0.6 is 0 Å². The van der Waals surface area contributed by atoms with E-state index in [0.717, 1.165) is 12.2 Å². The van der Waals surface area contributed by atoms with Gasteiger partial charge in [0.1, 0.15) is 0 Å². The van der Waals surface area contributed by atoms with E-state index in [-0.39, 0.29) is 23.0 Å². The normalized spacial score (nSPS) is 11.9. The van der Waals surface area contributed by atoms with Crippen molar-refractivity contribution in [2.75, 3.05) is 14.2 Å². The monoisotopic (exact) mass is 464 g/mol. The second-order valence-electron chi connectivity index (χ2n) is 7.04. The van der Waals surface area contributed by atoms with Crippen molar-refractivity contribution in [2.24, 2.45) is 5.92 Å². The van der Waals surface area contributed by atoms with Crippen LogP contribution in [0.15, 0.2) is 48.6 Å². The predicted molar refractivity (Wildman–Crippen MR) is 116 cm³/mol. The number of allylic oxidation sites excluding steroid dienone is 2. The lowest BCUT2D eigenvalue weighted by atomic mass is 9.92. The lowest BCUT2D eigenvalue weighted by molar-refractivity contribution is -0.142. The van der Waals surface area contributed by atoms with Gasteiger partial charge in [-0.15, -0.1) is 0 Å². The van der Waals surface area contributed by atoms with Crippen LogP contribution in [0.1, 0.15) is 24.0 Å². The van der Waals surface area contributed by atoms with E-state index < -0.39 is 36.5 Å². The molecule has 0 fully saturated rings. The molecule has 0 aromatic heterocycles. The Morgan fingerprint density at radius 3 is 1.67 bits per heavy atom. The number of carbonyl (C=O) groups excluding carboxylic acids is 2. The zero-order valence-electron chi connectivity index (χ0n) is 17.9. The Bertz CT molecular complexity index is 981. The zero-order chi connectivity index (χ0) is 24.6. The number of ketones is 2. The third kappa shape index (κ3) is 7.71. The third-order valence-electron chi connectivity index (χ3n) is 4.69. The van der Waals surface area contributed by atoms with Crippen LogP contribution in [-0.4, -0.2) is 42.2 Å². The number of rotatable bonds is 10. The molecule has 0 radical (unpaired) electrons. The van der Waals surface area contributed by atoms with Crippen molar-refractivity contribution in [2.45, 2.75) is 19.0 Å². The number of alkyl halides is 3. The van der Waals surface area contributed by atoms with Gasteiger partial charge in [0.05, 0.1) is 20.1 Å². The molecule has 2 N–H and O–H groups in total. The van der Waals surface area contributed by atoms with Crippen LogP contribution in [0.25, 0.3) is 12.2 Å². The molecule has 0 amide bonds. The number of carbonyl (C=O) groups is 2. The van der Waals surface area contributed by atoms with Crippen LogP contribution < -0.4 is 9.47 Å². The first-order valence-electron chi connectivity index (χ1n) is 9.78. The van der Waals surface area contributed by atoms with Gasteiger partial charge in [0.25, 0.3) is 0 Å². The molecule has 0 aliphatic heterocycles. The summed E-state index contributed by atoms with van der Waals surface area (Å²) in [6, 6.07) is 8.50. The summed E-state index contributed by atoms with van der Waals surface area (Å²) in [6.45, 7) is 0. The number of hydrogen-bond acceptors (Lipinski definition) is 6. The van der Waals surface area contributed by atoms with Gasteiger partial charge < -0.3 is 19.7 Å². The number of benzene rings is 2. The van der Waals surface area contributed by atoms with Crippen molar-refractivity contribution in [3.8, 4) is 23.0 Å². The van der Waals surface area contributed by atoms with Gasteiger partial charge in [0.15, 0.2) is 34.6 Å². The van der Waals surface area contributed by atoms with Gasteiger partial charge in [0, 0.05) is 6.42 Å². The fourth-order valence-electron chi connectivity index (χ4n) is 2.92. The van der Waals surface area contributed by atoms with Gasteiger partial charge in [-0.3, -0.25) is 9.59 Å². The first-order valence-corrected chi connectivity index (χ1v) is 9.78. The molecule has 6 nitrogen and oxygen atoms in total. The van der Waals surface area contributed by atoms with E-state index in [1.807, 2.05) is 0 Å². The fraction of sp³-hybridized carbons (Fsp3) is 0.250. The van der Waals surface area contributed by atoms with Crippen molar-refractivity contribution >= 4 is 23.7 Å². The standard InChI is InChI=1S/C24H23F3O6/c1-32-22-13-15(5-9-20(22)30)3-7-18(28)17(11-12-24(25,26)27)19(29)8-4-16-6-10-21(31)23(14-16)33-2/h3-10,13-14,17,30-31H,11-12H2,1-2H3/b7-3+,8-4+. The van der Waals surface area contributed by atoms with Crippen molar-refractivity contribution in [1.82, 2.24) is 0 Å². The van der Waals surface area contributed by atoms with Gasteiger partial charge in [0.2, 0.25) is 0 Å². The summed E-state index contributed by atoms with van der Waals surface area (Å²) >= 11 is 0. The Labute approximate surface area is 188 Å². The minimum Gasteiger partial charge on any atom is -0.504 e. The minimum atomic E-state index is -4.53. The molecule has 0 spiro atoms. The van der Waals surface area contributed by atoms with Crippen molar-refractivity contribution < 1.29 is 42.4 Å². The highest BCUT2D eigenvalue weighted by atomic mass is 19.4. The molecular weight excluding hydrogens is 441 g/mol. The number of ether oxygens (including phenoxy) is 2. The van der Waals surface area contributed by atoms with E-state index in [9.17, 15) is 33.0 Å². The summed E-state index contributed by atoms with van der Waals surface area (Å²) in [6.07, 6.45) is -1.81. The Morgan fingerprint density at radius 1 is 0.879 bits per heavy atom. The summed E-state index contributed by atoms with van der Waals surface area (Å²) in [5, 5.41) is 19.2.